The molecular weight excluding hydrogens is 240 g/mol. The van der Waals surface area contributed by atoms with Crippen LogP contribution in [0, 0.1) is 12.3 Å². The maximum Gasteiger partial charge on any atom is 0.309 e. The van der Waals surface area contributed by atoms with Crippen molar-refractivity contribution in [2.24, 2.45) is 5.41 Å². The summed E-state index contributed by atoms with van der Waals surface area (Å²) in [4.78, 5) is 11.2. The quantitative estimate of drug-likeness (QED) is 0.898. The van der Waals surface area contributed by atoms with Gasteiger partial charge in [-0.15, -0.1) is 0 Å². The molecule has 0 unspecified atom stereocenters. The summed E-state index contributed by atoms with van der Waals surface area (Å²) in [6.45, 7) is 1.90. The largest absolute Gasteiger partial charge is 0.496 e. The number of hydrogen-bond acceptors (Lipinski definition) is 2. The maximum absolute atomic E-state index is 11.2. The van der Waals surface area contributed by atoms with Gasteiger partial charge in [0.05, 0.1) is 12.5 Å². The first-order chi connectivity index (χ1) is 7.98. The number of hydrogen-bond donors (Lipinski definition) is 1. The van der Waals surface area contributed by atoms with Crippen LogP contribution < -0.4 is 4.74 Å². The third-order valence-electron chi connectivity index (χ3n) is 3.40. The molecule has 4 heteroatoms. The number of methoxy groups -OCH3 is 1. The lowest BCUT2D eigenvalue weighted by molar-refractivity contribution is -0.143. The fourth-order valence-electron chi connectivity index (χ4n) is 2.01. The first kappa shape index (κ1) is 12.2. The Kier molecular flexibility index (Phi) is 3.04. The molecule has 0 bridgehead atoms. The summed E-state index contributed by atoms with van der Waals surface area (Å²) in [5.74, 6) is -0.00400. The lowest BCUT2D eigenvalue weighted by Crippen LogP contribution is -2.18. The predicted octanol–water partition coefficient (Wildman–Crippen LogP) is 3.06. The van der Waals surface area contributed by atoms with E-state index < -0.39 is 11.4 Å². The van der Waals surface area contributed by atoms with Crippen molar-refractivity contribution in [3.05, 3.63) is 28.3 Å². The molecule has 1 saturated carbocycles. The topological polar surface area (TPSA) is 46.5 Å². The maximum atomic E-state index is 11.2. The number of halogens is 1. The highest BCUT2D eigenvalue weighted by Gasteiger charge is 2.50. The molecule has 1 aliphatic rings. The molecule has 0 aliphatic heterocycles. The van der Waals surface area contributed by atoms with E-state index in [1.54, 1.807) is 7.11 Å². The van der Waals surface area contributed by atoms with E-state index in [2.05, 4.69) is 0 Å². The Morgan fingerprint density at radius 3 is 2.65 bits per heavy atom. The zero-order chi connectivity index (χ0) is 12.6. The fourth-order valence-corrected chi connectivity index (χ4v) is 2.19. The summed E-state index contributed by atoms with van der Waals surface area (Å²) in [7, 11) is 1.59. The number of aryl methyl sites for hydroxylation is 1. The summed E-state index contributed by atoms with van der Waals surface area (Å²) in [5, 5.41) is 9.83. The predicted molar refractivity (Wildman–Crippen MR) is 65.7 cm³/mol. The summed E-state index contributed by atoms with van der Waals surface area (Å²) >= 11 is 6.07. The molecule has 0 atom stereocenters. The van der Waals surface area contributed by atoms with Gasteiger partial charge in [-0.25, -0.2) is 0 Å². The normalized spacial score (nSPS) is 16.6. The molecule has 1 aliphatic carbocycles. The molecule has 1 fully saturated rings. The molecule has 3 nitrogen and oxygen atoms in total. The SMILES string of the molecule is COc1cc(C)c(Cl)cc1CC1(C(=O)O)CC1. The molecule has 0 spiro atoms. The summed E-state index contributed by atoms with van der Waals surface area (Å²) in [6, 6.07) is 3.67. The lowest BCUT2D eigenvalue weighted by Gasteiger charge is -2.14. The molecule has 0 radical (unpaired) electrons. The molecule has 1 aromatic carbocycles. The molecule has 1 N–H and O–H groups in total. The summed E-state index contributed by atoms with van der Waals surface area (Å²) < 4.78 is 5.28. The molecule has 92 valence electrons. The number of rotatable bonds is 4. The Morgan fingerprint density at radius 2 is 2.18 bits per heavy atom. The number of carboxylic acid groups (broad SMARTS) is 1. The van der Waals surface area contributed by atoms with Crippen molar-refractivity contribution in [1.82, 2.24) is 0 Å². The third-order valence-corrected chi connectivity index (χ3v) is 3.80. The van der Waals surface area contributed by atoms with E-state index in [9.17, 15) is 9.90 Å². The van der Waals surface area contributed by atoms with Gasteiger partial charge in [-0.05, 0) is 49.4 Å². The molecule has 0 heterocycles. The molecule has 2 rings (SSSR count). The van der Waals surface area contributed by atoms with Crippen LogP contribution in [-0.2, 0) is 11.2 Å². The average Bonchev–Trinajstić information content (AvgIpc) is 3.04. The van der Waals surface area contributed by atoms with Gasteiger partial charge in [0, 0.05) is 5.02 Å². The standard InChI is InChI=1S/C13H15ClO3/c1-8-5-11(17-2)9(6-10(8)14)7-13(3-4-13)12(15)16/h5-6H,3-4,7H2,1-2H3,(H,15,16). The second-order valence-corrected chi connectivity index (χ2v) is 5.08. The monoisotopic (exact) mass is 254 g/mol. The van der Waals surface area contributed by atoms with Gasteiger partial charge in [0.15, 0.2) is 0 Å². The van der Waals surface area contributed by atoms with Crippen LogP contribution >= 0.6 is 11.6 Å². The summed E-state index contributed by atoms with van der Waals surface area (Å²) in [5.41, 5.74) is 1.22. The van der Waals surface area contributed by atoms with E-state index in [0.717, 1.165) is 29.7 Å². The van der Waals surface area contributed by atoms with Crippen LogP contribution in [0.3, 0.4) is 0 Å². The Balaban J connectivity index is 2.32. The lowest BCUT2D eigenvalue weighted by atomic mass is 9.95. The number of ether oxygens (including phenoxy) is 1. The van der Waals surface area contributed by atoms with Gasteiger partial charge in [0.1, 0.15) is 5.75 Å². The first-order valence-corrected chi connectivity index (χ1v) is 5.93. The van der Waals surface area contributed by atoms with Crippen molar-refractivity contribution in [2.45, 2.75) is 26.2 Å². The minimum atomic E-state index is -0.726. The number of carbonyl (C=O) groups is 1. The molecule has 0 amide bonds. The van der Waals surface area contributed by atoms with Gasteiger partial charge < -0.3 is 9.84 Å². The van der Waals surface area contributed by atoms with Gasteiger partial charge in [-0.3, -0.25) is 4.79 Å². The molecular formula is C13H15ClO3. The van der Waals surface area contributed by atoms with Crippen LogP contribution in [0.5, 0.6) is 5.75 Å². The van der Waals surface area contributed by atoms with Crippen LogP contribution in [0.2, 0.25) is 5.02 Å². The highest BCUT2D eigenvalue weighted by molar-refractivity contribution is 6.31. The smallest absolute Gasteiger partial charge is 0.309 e. The van der Waals surface area contributed by atoms with Crippen molar-refractivity contribution in [3.63, 3.8) is 0 Å². The van der Waals surface area contributed by atoms with E-state index >= 15 is 0 Å². The van der Waals surface area contributed by atoms with Crippen molar-refractivity contribution in [3.8, 4) is 5.75 Å². The van der Waals surface area contributed by atoms with Gasteiger partial charge in [-0.1, -0.05) is 11.6 Å². The summed E-state index contributed by atoms with van der Waals surface area (Å²) in [6.07, 6.45) is 1.96. The second kappa shape index (κ2) is 4.22. The van der Waals surface area contributed by atoms with Crippen LogP contribution in [0.15, 0.2) is 12.1 Å². The number of aliphatic carboxylic acids is 1. The van der Waals surface area contributed by atoms with Crippen molar-refractivity contribution in [2.75, 3.05) is 7.11 Å². The molecule has 0 saturated heterocycles. The average molecular weight is 255 g/mol. The van der Waals surface area contributed by atoms with Gasteiger partial charge >= 0.3 is 5.97 Å². The van der Waals surface area contributed by atoms with E-state index in [1.807, 2.05) is 19.1 Å². The minimum absolute atomic E-state index is 0.492. The fraction of sp³-hybridized carbons (Fsp3) is 0.462. The van der Waals surface area contributed by atoms with Crippen molar-refractivity contribution >= 4 is 17.6 Å². The van der Waals surface area contributed by atoms with E-state index in [4.69, 9.17) is 16.3 Å². The Morgan fingerprint density at radius 1 is 1.53 bits per heavy atom. The van der Waals surface area contributed by atoms with Gasteiger partial charge in [0.25, 0.3) is 0 Å². The number of carboxylic acids is 1. The van der Waals surface area contributed by atoms with Crippen molar-refractivity contribution in [1.29, 1.82) is 0 Å². The zero-order valence-electron chi connectivity index (χ0n) is 9.92. The number of benzene rings is 1. The molecule has 0 aromatic heterocycles. The zero-order valence-corrected chi connectivity index (χ0v) is 10.7. The third kappa shape index (κ3) is 2.25. The van der Waals surface area contributed by atoms with Gasteiger partial charge in [-0.2, -0.15) is 0 Å². The van der Waals surface area contributed by atoms with E-state index in [-0.39, 0.29) is 0 Å². The second-order valence-electron chi connectivity index (χ2n) is 4.68. The highest BCUT2D eigenvalue weighted by Crippen LogP contribution is 2.50. The minimum Gasteiger partial charge on any atom is -0.496 e. The molecule has 17 heavy (non-hydrogen) atoms. The molecule has 1 aromatic rings. The van der Waals surface area contributed by atoms with Crippen LogP contribution in [0.25, 0.3) is 0 Å². The Labute approximate surface area is 105 Å². The first-order valence-electron chi connectivity index (χ1n) is 5.55. The van der Waals surface area contributed by atoms with Crippen LogP contribution in [0.4, 0.5) is 0 Å². The Bertz CT molecular complexity index is 464. The van der Waals surface area contributed by atoms with Crippen molar-refractivity contribution < 1.29 is 14.6 Å². The van der Waals surface area contributed by atoms with E-state index in [0.29, 0.717) is 11.4 Å². The van der Waals surface area contributed by atoms with Gasteiger partial charge in [0.2, 0.25) is 0 Å². The highest BCUT2D eigenvalue weighted by atomic mass is 35.5. The van der Waals surface area contributed by atoms with Crippen LogP contribution in [-0.4, -0.2) is 18.2 Å². The van der Waals surface area contributed by atoms with Crippen LogP contribution in [0.1, 0.15) is 24.0 Å². The Hall–Kier alpha value is -1.22. The van der Waals surface area contributed by atoms with E-state index in [1.165, 1.54) is 0 Å².